The average molecular weight is 148 g/mol. The van der Waals surface area contributed by atoms with Gasteiger partial charge in [0.1, 0.15) is 0 Å². The fraction of sp³-hybridized carbons (Fsp3) is 0.333. The Morgan fingerprint density at radius 3 is 2.91 bits per heavy atom. The summed E-state index contributed by atoms with van der Waals surface area (Å²) in [7, 11) is 0. The lowest BCUT2D eigenvalue weighted by atomic mass is 10.2. The van der Waals surface area contributed by atoms with E-state index in [9.17, 15) is 0 Å². The molecule has 2 nitrogen and oxygen atoms in total. The standard InChI is InChI=1S/C9H12N2/c1-3-8(2)6-9-7-10-4-5-11-9/h3-5,7H,6H2,1-2H3/b8-3-. The monoisotopic (exact) mass is 148 g/mol. The predicted molar refractivity (Wildman–Crippen MR) is 45.2 cm³/mol. The van der Waals surface area contributed by atoms with Gasteiger partial charge in [-0.3, -0.25) is 9.97 Å². The fourth-order valence-corrected chi connectivity index (χ4v) is 0.809. The Kier molecular flexibility index (Phi) is 2.78. The summed E-state index contributed by atoms with van der Waals surface area (Å²) < 4.78 is 0. The van der Waals surface area contributed by atoms with Gasteiger partial charge in [-0.25, -0.2) is 0 Å². The fourth-order valence-electron chi connectivity index (χ4n) is 0.809. The van der Waals surface area contributed by atoms with Gasteiger partial charge >= 0.3 is 0 Å². The maximum atomic E-state index is 4.16. The van der Waals surface area contributed by atoms with Crippen molar-refractivity contribution >= 4 is 0 Å². The molecule has 58 valence electrons. The number of hydrogen-bond acceptors (Lipinski definition) is 2. The molecule has 0 aliphatic heterocycles. The van der Waals surface area contributed by atoms with Crippen molar-refractivity contribution in [1.29, 1.82) is 0 Å². The third-order valence-electron chi connectivity index (χ3n) is 1.57. The highest BCUT2D eigenvalue weighted by Crippen LogP contribution is 2.01. The van der Waals surface area contributed by atoms with Gasteiger partial charge in [0.25, 0.3) is 0 Å². The van der Waals surface area contributed by atoms with Crippen LogP contribution in [0.25, 0.3) is 0 Å². The first-order chi connectivity index (χ1) is 5.33. The topological polar surface area (TPSA) is 25.8 Å². The summed E-state index contributed by atoms with van der Waals surface area (Å²) in [6, 6.07) is 0. The molecule has 0 aliphatic carbocycles. The van der Waals surface area contributed by atoms with Gasteiger partial charge < -0.3 is 0 Å². The number of allylic oxidation sites excluding steroid dienone is 2. The second-order valence-electron chi connectivity index (χ2n) is 2.51. The van der Waals surface area contributed by atoms with Crippen LogP contribution in [-0.4, -0.2) is 9.97 Å². The molecule has 1 aromatic heterocycles. The van der Waals surface area contributed by atoms with E-state index in [-0.39, 0.29) is 0 Å². The number of rotatable bonds is 2. The van der Waals surface area contributed by atoms with Crippen LogP contribution in [0.2, 0.25) is 0 Å². The second-order valence-corrected chi connectivity index (χ2v) is 2.51. The van der Waals surface area contributed by atoms with E-state index in [1.165, 1.54) is 5.57 Å². The zero-order chi connectivity index (χ0) is 8.10. The molecule has 0 saturated heterocycles. The highest BCUT2D eigenvalue weighted by Gasteiger charge is 1.92. The Hall–Kier alpha value is -1.18. The molecule has 1 rings (SSSR count). The van der Waals surface area contributed by atoms with Gasteiger partial charge in [-0.1, -0.05) is 11.6 Å². The third-order valence-corrected chi connectivity index (χ3v) is 1.57. The van der Waals surface area contributed by atoms with E-state index >= 15 is 0 Å². The average Bonchev–Trinajstić information content (AvgIpc) is 2.06. The maximum Gasteiger partial charge on any atom is 0.0626 e. The van der Waals surface area contributed by atoms with Crippen molar-refractivity contribution in [2.75, 3.05) is 0 Å². The largest absolute Gasteiger partial charge is 0.261 e. The highest BCUT2D eigenvalue weighted by molar-refractivity contribution is 5.08. The van der Waals surface area contributed by atoms with Crippen LogP contribution in [0.3, 0.4) is 0 Å². The lowest BCUT2D eigenvalue weighted by Crippen LogP contribution is -1.90. The summed E-state index contributed by atoms with van der Waals surface area (Å²) >= 11 is 0. The Balaban J connectivity index is 2.65. The predicted octanol–water partition coefficient (Wildman–Crippen LogP) is 1.99. The van der Waals surface area contributed by atoms with Gasteiger partial charge in [-0.15, -0.1) is 0 Å². The van der Waals surface area contributed by atoms with Crippen molar-refractivity contribution in [3.8, 4) is 0 Å². The van der Waals surface area contributed by atoms with Gasteiger partial charge in [0.2, 0.25) is 0 Å². The van der Waals surface area contributed by atoms with Crippen molar-refractivity contribution in [2.24, 2.45) is 0 Å². The highest BCUT2D eigenvalue weighted by atomic mass is 14.8. The first-order valence-electron chi connectivity index (χ1n) is 3.69. The summed E-state index contributed by atoms with van der Waals surface area (Å²) in [5.41, 5.74) is 2.36. The molecule has 0 bridgehead atoms. The molecular formula is C9H12N2. The van der Waals surface area contributed by atoms with Crippen molar-refractivity contribution in [3.05, 3.63) is 35.9 Å². The zero-order valence-corrected chi connectivity index (χ0v) is 6.91. The van der Waals surface area contributed by atoms with E-state index in [0.29, 0.717) is 0 Å². The van der Waals surface area contributed by atoms with Gasteiger partial charge in [0.15, 0.2) is 0 Å². The SMILES string of the molecule is C/C=C(/C)Cc1cnccn1. The normalized spacial score (nSPS) is 11.6. The van der Waals surface area contributed by atoms with Crippen LogP contribution >= 0.6 is 0 Å². The summed E-state index contributed by atoms with van der Waals surface area (Å²) in [5.74, 6) is 0. The molecule has 2 heteroatoms. The van der Waals surface area contributed by atoms with E-state index < -0.39 is 0 Å². The van der Waals surface area contributed by atoms with Gasteiger partial charge in [-0.05, 0) is 13.8 Å². The minimum absolute atomic E-state index is 0.907. The Morgan fingerprint density at radius 1 is 1.55 bits per heavy atom. The van der Waals surface area contributed by atoms with Gasteiger partial charge in [0, 0.05) is 25.0 Å². The van der Waals surface area contributed by atoms with Crippen LogP contribution in [0.15, 0.2) is 30.2 Å². The minimum Gasteiger partial charge on any atom is -0.261 e. The molecular weight excluding hydrogens is 136 g/mol. The number of aromatic nitrogens is 2. The summed E-state index contributed by atoms with van der Waals surface area (Å²) in [6.07, 6.45) is 8.21. The van der Waals surface area contributed by atoms with Crippen molar-refractivity contribution < 1.29 is 0 Å². The van der Waals surface area contributed by atoms with E-state index in [0.717, 1.165) is 12.1 Å². The molecule has 0 fully saturated rings. The molecule has 0 aromatic carbocycles. The molecule has 1 heterocycles. The summed E-state index contributed by atoms with van der Waals surface area (Å²) in [5, 5.41) is 0. The molecule has 0 unspecified atom stereocenters. The van der Waals surface area contributed by atoms with Crippen LogP contribution in [0.1, 0.15) is 19.5 Å². The van der Waals surface area contributed by atoms with Crippen LogP contribution in [0, 0.1) is 0 Å². The van der Waals surface area contributed by atoms with Crippen LogP contribution in [0.5, 0.6) is 0 Å². The van der Waals surface area contributed by atoms with Crippen molar-refractivity contribution in [3.63, 3.8) is 0 Å². The van der Waals surface area contributed by atoms with E-state index in [4.69, 9.17) is 0 Å². The number of hydrogen-bond donors (Lipinski definition) is 0. The van der Waals surface area contributed by atoms with Crippen LogP contribution in [-0.2, 0) is 6.42 Å². The Labute approximate surface area is 67.0 Å². The third kappa shape index (κ3) is 2.50. The molecule has 0 amide bonds. The van der Waals surface area contributed by atoms with Gasteiger partial charge in [0.05, 0.1) is 5.69 Å². The molecule has 0 radical (unpaired) electrons. The first-order valence-corrected chi connectivity index (χ1v) is 3.69. The minimum atomic E-state index is 0.907. The maximum absolute atomic E-state index is 4.16. The van der Waals surface area contributed by atoms with E-state index in [1.54, 1.807) is 18.6 Å². The lowest BCUT2D eigenvalue weighted by Gasteiger charge is -1.97. The number of nitrogens with zero attached hydrogens (tertiary/aromatic N) is 2. The van der Waals surface area contributed by atoms with E-state index in [1.807, 2.05) is 6.92 Å². The summed E-state index contributed by atoms with van der Waals surface area (Å²) in [6.45, 7) is 4.13. The Morgan fingerprint density at radius 2 is 2.36 bits per heavy atom. The molecule has 0 aliphatic rings. The smallest absolute Gasteiger partial charge is 0.0626 e. The second kappa shape index (κ2) is 3.86. The molecule has 0 spiro atoms. The van der Waals surface area contributed by atoms with Crippen molar-refractivity contribution in [1.82, 2.24) is 9.97 Å². The molecule has 0 atom stereocenters. The molecule has 0 N–H and O–H groups in total. The lowest BCUT2D eigenvalue weighted by molar-refractivity contribution is 1.01. The van der Waals surface area contributed by atoms with Crippen molar-refractivity contribution in [2.45, 2.75) is 20.3 Å². The summed E-state index contributed by atoms with van der Waals surface area (Å²) in [4.78, 5) is 8.15. The Bertz CT molecular complexity index is 239. The molecule has 0 saturated carbocycles. The first kappa shape index (κ1) is 7.92. The van der Waals surface area contributed by atoms with Crippen LogP contribution < -0.4 is 0 Å². The molecule has 11 heavy (non-hydrogen) atoms. The zero-order valence-electron chi connectivity index (χ0n) is 6.91. The molecule has 1 aromatic rings. The van der Waals surface area contributed by atoms with Gasteiger partial charge in [-0.2, -0.15) is 0 Å². The van der Waals surface area contributed by atoms with Crippen LogP contribution in [0.4, 0.5) is 0 Å². The quantitative estimate of drug-likeness (QED) is 0.599. The van der Waals surface area contributed by atoms with E-state index in [2.05, 4.69) is 23.0 Å².